The van der Waals surface area contributed by atoms with Crippen LogP contribution in [0.4, 0.5) is 0 Å². The predicted octanol–water partition coefficient (Wildman–Crippen LogP) is 2.51. The van der Waals surface area contributed by atoms with Gasteiger partial charge in [-0.2, -0.15) is 0 Å². The van der Waals surface area contributed by atoms with Crippen molar-refractivity contribution in [3.63, 3.8) is 0 Å². The van der Waals surface area contributed by atoms with Crippen LogP contribution < -0.4 is 15.6 Å². The second kappa shape index (κ2) is 10.0. The molecule has 10 heteroatoms. The summed E-state index contributed by atoms with van der Waals surface area (Å²) < 4.78 is 7.44. The fraction of sp³-hybridized carbons (Fsp3) is 0.480. The van der Waals surface area contributed by atoms with E-state index in [1.807, 2.05) is 6.20 Å². The van der Waals surface area contributed by atoms with Gasteiger partial charge in [0.1, 0.15) is 5.75 Å². The number of nitrogens with zero attached hydrogens (tertiary/aromatic N) is 4. The van der Waals surface area contributed by atoms with Gasteiger partial charge in [0.15, 0.2) is 0 Å². The average Bonchev–Trinajstić information content (AvgIpc) is 3.23. The number of rotatable bonds is 5. The molecule has 0 aromatic carbocycles. The molecule has 0 saturated carbocycles. The van der Waals surface area contributed by atoms with Crippen LogP contribution in [-0.2, 0) is 19.5 Å². The Morgan fingerprint density at radius 1 is 1.23 bits per heavy atom. The number of hydrogen-bond acceptors (Lipinski definition) is 7. The molecule has 3 aromatic rings. The Balaban J connectivity index is 0.00000253. The Morgan fingerprint density at radius 3 is 2.97 bits per heavy atom. The molecule has 0 aliphatic carbocycles. The lowest BCUT2D eigenvalue weighted by Gasteiger charge is -2.37. The first kappa shape index (κ1) is 24.5. The second-order valence-corrected chi connectivity index (χ2v) is 9.98. The van der Waals surface area contributed by atoms with Crippen LogP contribution in [-0.4, -0.2) is 62.9 Å². The maximum absolute atomic E-state index is 12.4. The van der Waals surface area contributed by atoms with Gasteiger partial charge in [-0.05, 0) is 43.5 Å². The summed E-state index contributed by atoms with van der Waals surface area (Å²) in [7, 11) is 0. The van der Waals surface area contributed by atoms with Crippen LogP contribution in [0.2, 0.25) is 5.02 Å². The summed E-state index contributed by atoms with van der Waals surface area (Å²) in [6.07, 6.45) is 5.92. The van der Waals surface area contributed by atoms with Crippen molar-refractivity contribution in [2.75, 3.05) is 26.2 Å². The molecule has 0 amide bonds. The highest BCUT2D eigenvalue weighted by atomic mass is 35.5. The molecule has 2 N–H and O–H groups in total. The van der Waals surface area contributed by atoms with Crippen molar-refractivity contribution in [2.45, 2.75) is 50.4 Å². The summed E-state index contributed by atoms with van der Waals surface area (Å²) in [5.41, 5.74) is 4.82. The maximum atomic E-state index is 12.4. The van der Waals surface area contributed by atoms with Gasteiger partial charge in [-0.3, -0.25) is 19.7 Å². The summed E-state index contributed by atoms with van der Waals surface area (Å²) in [6.45, 7) is 4.18. The maximum Gasteiger partial charge on any atom is 0.251 e. The number of aliphatic hydroxyl groups is 1. The van der Waals surface area contributed by atoms with E-state index >= 15 is 0 Å². The molecule has 6 rings (SSSR count). The molecule has 0 spiro atoms. The fourth-order valence-electron chi connectivity index (χ4n) is 5.64. The first-order valence-corrected chi connectivity index (χ1v) is 12.4. The minimum Gasteiger partial charge on any atom is -0.492 e. The van der Waals surface area contributed by atoms with Gasteiger partial charge in [0.05, 0.1) is 40.7 Å². The van der Waals surface area contributed by atoms with Crippen LogP contribution in [0.3, 0.4) is 0 Å². The molecule has 1 fully saturated rings. The van der Waals surface area contributed by atoms with Gasteiger partial charge in [-0.15, -0.1) is 12.4 Å². The summed E-state index contributed by atoms with van der Waals surface area (Å²) in [6, 6.07) is 5.47. The number of piperidine rings is 1. The highest BCUT2D eigenvalue weighted by molar-refractivity contribution is 6.32. The van der Waals surface area contributed by atoms with Crippen LogP contribution in [0.1, 0.15) is 35.6 Å². The Morgan fingerprint density at radius 2 is 2.11 bits per heavy atom. The third-order valence-electron chi connectivity index (χ3n) is 7.35. The zero-order valence-corrected chi connectivity index (χ0v) is 20.9. The number of fused-ring (bicyclic) bond motifs is 1. The third kappa shape index (κ3) is 4.66. The molecular formula is C25H29Cl2N5O3. The van der Waals surface area contributed by atoms with Gasteiger partial charge in [0.2, 0.25) is 0 Å². The number of β-amino-alcohol motifs (C(OH)–C–C–N with tert-alkyl or cyclic N) is 1. The first-order valence-electron chi connectivity index (χ1n) is 12.0. The van der Waals surface area contributed by atoms with Crippen LogP contribution in [0.15, 0.2) is 35.4 Å². The van der Waals surface area contributed by atoms with Crippen molar-refractivity contribution >= 4 is 35.0 Å². The molecule has 3 aliphatic rings. The van der Waals surface area contributed by atoms with Gasteiger partial charge in [0, 0.05) is 56.0 Å². The van der Waals surface area contributed by atoms with E-state index in [2.05, 4.69) is 26.3 Å². The molecular weight excluding hydrogens is 489 g/mol. The van der Waals surface area contributed by atoms with E-state index < -0.39 is 6.10 Å². The summed E-state index contributed by atoms with van der Waals surface area (Å²) in [5, 5.41) is 15.0. The number of aliphatic hydroxyl groups excluding tert-OH is 1. The quantitative estimate of drug-likeness (QED) is 0.537. The monoisotopic (exact) mass is 517 g/mol. The number of hydrogen-bond donors (Lipinski definition) is 2. The van der Waals surface area contributed by atoms with Crippen molar-refractivity contribution in [2.24, 2.45) is 0 Å². The first-order chi connectivity index (χ1) is 16.6. The number of likely N-dealkylation sites (tertiary alicyclic amines) is 1. The van der Waals surface area contributed by atoms with E-state index in [1.165, 1.54) is 5.56 Å². The number of aryl methyl sites for hydroxylation is 1. The average molecular weight is 518 g/mol. The van der Waals surface area contributed by atoms with Crippen LogP contribution in [0, 0.1) is 0 Å². The summed E-state index contributed by atoms with van der Waals surface area (Å²) in [4.78, 5) is 23.6. The minimum absolute atomic E-state index is 0. The Bertz CT molecular complexity index is 1300. The third-order valence-corrected chi connectivity index (χ3v) is 7.65. The molecule has 0 bridgehead atoms. The Kier molecular flexibility index (Phi) is 7.01. The number of nitrogens with one attached hydrogen (secondary N) is 1. The van der Waals surface area contributed by atoms with E-state index in [9.17, 15) is 9.90 Å². The predicted molar refractivity (Wildman–Crippen MR) is 137 cm³/mol. The number of halogens is 2. The SMILES string of the molecule is Cl.O=c1ccc2ncc(Cl)c3c2n1CC3CN1CC[C@H](NCc2cc3c(cn2)OCCC3)[C@H](O)C1. The Labute approximate surface area is 214 Å². The lowest BCUT2D eigenvalue weighted by Crippen LogP contribution is -2.53. The van der Waals surface area contributed by atoms with Crippen molar-refractivity contribution in [3.05, 3.63) is 62.8 Å². The second-order valence-electron chi connectivity index (χ2n) is 9.57. The minimum atomic E-state index is -0.478. The molecule has 0 radical (unpaired) electrons. The molecule has 35 heavy (non-hydrogen) atoms. The van der Waals surface area contributed by atoms with Gasteiger partial charge in [-0.25, -0.2) is 0 Å². The molecule has 3 atom stereocenters. The number of pyridine rings is 3. The molecule has 3 aliphatic heterocycles. The number of aromatic nitrogens is 3. The fourth-order valence-corrected chi connectivity index (χ4v) is 5.94. The molecule has 6 heterocycles. The topological polar surface area (TPSA) is 92.5 Å². The van der Waals surface area contributed by atoms with Crippen LogP contribution in [0.5, 0.6) is 5.75 Å². The molecule has 8 nitrogen and oxygen atoms in total. The van der Waals surface area contributed by atoms with Crippen LogP contribution >= 0.6 is 24.0 Å². The lowest BCUT2D eigenvalue weighted by molar-refractivity contribution is 0.0368. The van der Waals surface area contributed by atoms with Crippen molar-refractivity contribution in [1.82, 2.24) is 24.8 Å². The summed E-state index contributed by atoms with van der Waals surface area (Å²) >= 11 is 6.53. The van der Waals surface area contributed by atoms with E-state index in [0.717, 1.165) is 67.0 Å². The van der Waals surface area contributed by atoms with Crippen molar-refractivity contribution in [1.29, 1.82) is 0 Å². The van der Waals surface area contributed by atoms with E-state index in [0.29, 0.717) is 24.7 Å². The largest absolute Gasteiger partial charge is 0.492 e. The molecule has 186 valence electrons. The zero-order chi connectivity index (χ0) is 23.2. The van der Waals surface area contributed by atoms with E-state index in [1.54, 1.807) is 22.9 Å². The molecule has 1 saturated heterocycles. The highest BCUT2D eigenvalue weighted by Gasteiger charge is 2.33. The van der Waals surface area contributed by atoms with E-state index in [-0.39, 0.29) is 29.9 Å². The smallest absolute Gasteiger partial charge is 0.251 e. The van der Waals surface area contributed by atoms with Crippen molar-refractivity contribution in [3.8, 4) is 5.75 Å². The molecule has 1 unspecified atom stereocenters. The zero-order valence-electron chi connectivity index (χ0n) is 19.3. The number of ether oxygens (including phenoxy) is 1. The van der Waals surface area contributed by atoms with Gasteiger partial charge < -0.3 is 19.7 Å². The van der Waals surface area contributed by atoms with Gasteiger partial charge in [0.25, 0.3) is 5.56 Å². The van der Waals surface area contributed by atoms with Gasteiger partial charge in [-0.1, -0.05) is 11.6 Å². The van der Waals surface area contributed by atoms with E-state index in [4.69, 9.17) is 16.3 Å². The Hall–Kier alpha value is -2.23. The molecule has 3 aromatic heterocycles. The van der Waals surface area contributed by atoms with Crippen LogP contribution in [0.25, 0.3) is 11.0 Å². The van der Waals surface area contributed by atoms with Gasteiger partial charge >= 0.3 is 0 Å². The lowest BCUT2D eigenvalue weighted by atomic mass is 9.97. The highest BCUT2D eigenvalue weighted by Crippen LogP contribution is 2.37. The summed E-state index contributed by atoms with van der Waals surface area (Å²) in [5.74, 6) is 0.998. The van der Waals surface area contributed by atoms with Crippen molar-refractivity contribution < 1.29 is 9.84 Å². The standard InChI is InChI=1S/C25H28ClN5O3.ClH/c26-18-10-29-20-3-4-23(33)31-13-16(24(18)25(20)31)12-30-6-5-19(21(32)14-30)28-9-17-8-15-2-1-7-34-22(15)11-27-17;/h3-4,8,10-11,16,19,21,28,32H,1-2,5-7,9,12-14H2;1H/t16?,19-,21+;/m0./s1. The normalized spacial score (nSPS) is 23.5.